The first kappa shape index (κ1) is 12.2. The Labute approximate surface area is 103 Å². The van der Waals surface area contributed by atoms with Crippen LogP contribution < -0.4 is 10.6 Å². The minimum absolute atomic E-state index is 0.421. The maximum absolute atomic E-state index is 9.83. The minimum atomic E-state index is 0.421. The van der Waals surface area contributed by atoms with Gasteiger partial charge in [-0.2, -0.15) is 0 Å². The molecule has 1 fully saturated rings. The number of unbranched alkanes of at least 4 members (excludes halogenated alkanes) is 1. The lowest BCUT2D eigenvalue weighted by molar-refractivity contribution is 0.466. The average Bonchev–Trinajstić information content (AvgIpc) is 2.85. The van der Waals surface area contributed by atoms with Gasteiger partial charge in [-0.05, 0) is 62.4 Å². The van der Waals surface area contributed by atoms with Crippen LogP contribution >= 0.6 is 0 Å². The highest BCUT2D eigenvalue weighted by atomic mass is 16.3. The SMILES string of the molecule is NCCCCc1cc(N2CCCC2)ccc1O. The van der Waals surface area contributed by atoms with Crippen LogP contribution in [0.4, 0.5) is 5.69 Å². The number of phenolic OH excluding ortho intramolecular Hbond substituents is 1. The van der Waals surface area contributed by atoms with Crippen LogP contribution in [0, 0.1) is 0 Å². The van der Waals surface area contributed by atoms with Gasteiger partial charge in [0.25, 0.3) is 0 Å². The van der Waals surface area contributed by atoms with E-state index in [2.05, 4.69) is 11.0 Å². The Morgan fingerprint density at radius 3 is 2.65 bits per heavy atom. The van der Waals surface area contributed by atoms with Gasteiger partial charge in [0.2, 0.25) is 0 Å². The number of phenols is 1. The van der Waals surface area contributed by atoms with E-state index in [-0.39, 0.29) is 0 Å². The summed E-state index contributed by atoms with van der Waals surface area (Å²) in [6, 6.07) is 5.98. The molecule has 0 bridgehead atoms. The van der Waals surface area contributed by atoms with Gasteiger partial charge in [0.1, 0.15) is 5.75 Å². The van der Waals surface area contributed by atoms with Gasteiger partial charge in [-0.3, -0.25) is 0 Å². The van der Waals surface area contributed by atoms with Crippen molar-refractivity contribution in [2.75, 3.05) is 24.5 Å². The number of hydrogen-bond donors (Lipinski definition) is 2. The summed E-state index contributed by atoms with van der Waals surface area (Å²) in [5.74, 6) is 0.421. The zero-order valence-corrected chi connectivity index (χ0v) is 10.4. The van der Waals surface area contributed by atoms with Crippen molar-refractivity contribution in [3.05, 3.63) is 23.8 Å². The van der Waals surface area contributed by atoms with Crippen LogP contribution in [0.25, 0.3) is 0 Å². The number of nitrogens with two attached hydrogens (primary N) is 1. The fourth-order valence-electron chi connectivity index (χ4n) is 2.40. The van der Waals surface area contributed by atoms with Gasteiger partial charge < -0.3 is 15.7 Å². The smallest absolute Gasteiger partial charge is 0.118 e. The third-order valence-corrected chi connectivity index (χ3v) is 3.43. The zero-order chi connectivity index (χ0) is 12.1. The Bertz CT molecular complexity index is 359. The number of aryl methyl sites for hydroxylation is 1. The summed E-state index contributed by atoms with van der Waals surface area (Å²) in [4.78, 5) is 2.39. The summed E-state index contributed by atoms with van der Waals surface area (Å²) < 4.78 is 0. The number of nitrogens with zero attached hydrogens (tertiary/aromatic N) is 1. The molecule has 1 aliphatic heterocycles. The Morgan fingerprint density at radius 2 is 1.94 bits per heavy atom. The maximum atomic E-state index is 9.83. The van der Waals surface area contributed by atoms with Gasteiger partial charge in [-0.15, -0.1) is 0 Å². The predicted molar refractivity (Wildman–Crippen MR) is 71.5 cm³/mol. The lowest BCUT2D eigenvalue weighted by atomic mass is 10.1. The van der Waals surface area contributed by atoms with Gasteiger partial charge in [-0.1, -0.05) is 0 Å². The van der Waals surface area contributed by atoms with Gasteiger partial charge in [0, 0.05) is 18.8 Å². The Morgan fingerprint density at radius 1 is 1.18 bits per heavy atom. The maximum Gasteiger partial charge on any atom is 0.118 e. The molecule has 0 saturated carbocycles. The molecule has 1 aliphatic rings. The second-order valence-corrected chi connectivity index (χ2v) is 4.75. The molecule has 0 aromatic heterocycles. The first-order valence-corrected chi connectivity index (χ1v) is 6.58. The Balaban J connectivity index is 2.05. The second-order valence-electron chi connectivity index (χ2n) is 4.75. The Kier molecular flexibility index (Phi) is 4.26. The van der Waals surface area contributed by atoms with Crippen molar-refractivity contribution in [2.24, 2.45) is 5.73 Å². The molecule has 0 radical (unpaired) electrons. The van der Waals surface area contributed by atoms with Crippen molar-refractivity contribution in [1.29, 1.82) is 0 Å². The van der Waals surface area contributed by atoms with E-state index in [4.69, 9.17) is 5.73 Å². The minimum Gasteiger partial charge on any atom is -0.508 e. The first-order valence-electron chi connectivity index (χ1n) is 6.58. The van der Waals surface area contributed by atoms with E-state index in [0.29, 0.717) is 5.75 Å². The van der Waals surface area contributed by atoms with Crippen LogP contribution in [-0.4, -0.2) is 24.7 Å². The third-order valence-electron chi connectivity index (χ3n) is 3.43. The standard InChI is InChI=1S/C14H22N2O/c15-8-2-1-5-12-11-13(6-7-14(12)17)16-9-3-4-10-16/h6-7,11,17H,1-5,8-10,15H2. The molecule has 0 unspecified atom stereocenters. The summed E-state index contributed by atoms with van der Waals surface area (Å²) >= 11 is 0. The van der Waals surface area contributed by atoms with Crippen molar-refractivity contribution in [1.82, 2.24) is 0 Å². The fourth-order valence-corrected chi connectivity index (χ4v) is 2.40. The molecule has 17 heavy (non-hydrogen) atoms. The quantitative estimate of drug-likeness (QED) is 0.768. The highest BCUT2D eigenvalue weighted by molar-refractivity contribution is 5.53. The van der Waals surface area contributed by atoms with Gasteiger partial charge in [-0.25, -0.2) is 0 Å². The molecule has 1 heterocycles. The molecule has 3 nitrogen and oxygen atoms in total. The molecule has 0 aliphatic carbocycles. The molecule has 1 aromatic rings. The van der Waals surface area contributed by atoms with E-state index in [9.17, 15) is 5.11 Å². The average molecular weight is 234 g/mol. The van der Waals surface area contributed by atoms with E-state index >= 15 is 0 Å². The van der Waals surface area contributed by atoms with E-state index in [1.54, 1.807) is 0 Å². The van der Waals surface area contributed by atoms with Crippen molar-refractivity contribution >= 4 is 5.69 Å². The van der Waals surface area contributed by atoms with Gasteiger partial charge >= 0.3 is 0 Å². The van der Waals surface area contributed by atoms with Crippen LogP contribution in [0.15, 0.2) is 18.2 Å². The lowest BCUT2D eigenvalue weighted by Gasteiger charge is -2.19. The topological polar surface area (TPSA) is 49.5 Å². The van der Waals surface area contributed by atoms with Crippen LogP contribution in [0.5, 0.6) is 5.75 Å². The molecule has 0 spiro atoms. The highest BCUT2D eigenvalue weighted by Gasteiger charge is 2.13. The van der Waals surface area contributed by atoms with Gasteiger partial charge in [0.15, 0.2) is 0 Å². The number of rotatable bonds is 5. The van der Waals surface area contributed by atoms with Crippen LogP contribution in [-0.2, 0) is 6.42 Å². The number of anilines is 1. The largest absolute Gasteiger partial charge is 0.508 e. The van der Waals surface area contributed by atoms with Crippen molar-refractivity contribution in [3.8, 4) is 5.75 Å². The molecule has 2 rings (SSSR count). The molecular weight excluding hydrogens is 212 g/mol. The van der Waals surface area contributed by atoms with Gasteiger partial charge in [0.05, 0.1) is 0 Å². The number of benzene rings is 1. The molecule has 1 aromatic carbocycles. The van der Waals surface area contributed by atoms with Crippen LogP contribution in [0.2, 0.25) is 0 Å². The summed E-state index contributed by atoms with van der Waals surface area (Å²) in [6.45, 7) is 3.02. The Hall–Kier alpha value is -1.22. The zero-order valence-electron chi connectivity index (χ0n) is 10.4. The van der Waals surface area contributed by atoms with Crippen molar-refractivity contribution in [2.45, 2.75) is 32.1 Å². The number of aromatic hydroxyl groups is 1. The summed E-state index contributed by atoms with van der Waals surface area (Å²) in [6.07, 6.45) is 5.55. The molecule has 0 amide bonds. The van der Waals surface area contributed by atoms with Crippen molar-refractivity contribution < 1.29 is 5.11 Å². The van der Waals surface area contributed by atoms with E-state index in [0.717, 1.165) is 44.5 Å². The molecule has 3 N–H and O–H groups in total. The first-order chi connectivity index (χ1) is 8.31. The lowest BCUT2D eigenvalue weighted by Crippen LogP contribution is -2.17. The fraction of sp³-hybridized carbons (Fsp3) is 0.571. The van der Waals surface area contributed by atoms with Crippen LogP contribution in [0.3, 0.4) is 0 Å². The molecule has 1 saturated heterocycles. The highest BCUT2D eigenvalue weighted by Crippen LogP contribution is 2.27. The third kappa shape index (κ3) is 3.13. The van der Waals surface area contributed by atoms with E-state index in [1.165, 1.54) is 18.5 Å². The van der Waals surface area contributed by atoms with Crippen molar-refractivity contribution in [3.63, 3.8) is 0 Å². The summed E-state index contributed by atoms with van der Waals surface area (Å²) in [5.41, 5.74) is 7.80. The molecule has 3 heteroatoms. The number of hydrogen-bond acceptors (Lipinski definition) is 3. The monoisotopic (exact) mass is 234 g/mol. The molecule has 0 atom stereocenters. The summed E-state index contributed by atoms with van der Waals surface area (Å²) in [7, 11) is 0. The van der Waals surface area contributed by atoms with E-state index in [1.807, 2.05) is 12.1 Å². The van der Waals surface area contributed by atoms with E-state index < -0.39 is 0 Å². The second kappa shape index (κ2) is 5.92. The predicted octanol–water partition coefficient (Wildman–Crippen LogP) is 2.27. The molecule has 94 valence electrons. The molecular formula is C14H22N2O. The summed E-state index contributed by atoms with van der Waals surface area (Å²) in [5, 5.41) is 9.83. The van der Waals surface area contributed by atoms with Crippen LogP contribution in [0.1, 0.15) is 31.2 Å². The normalized spacial score (nSPS) is 15.5.